The van der Waals surface area contributed by atoms with Gasteiger partial charge in [0, 0.05) is 11.7 Å². The van der Waals surface area contributed by atoms with Crippen LogP contribution in [0.1, 0.15) is 65.6 Å². The molecule has 1 fully saturated rings. The number of carbonyl (C=O) groups excluding carboxylic acids is 3. The molecule has 8 heteroatoms. The lowest BCUT2D eigenvalue weighted by molar-refractivity contribution is -0.119. The third-order valence-electron chi connectivity index (χ3n) is 4.83. The topological polar surface area (TPSA) is 113 Å². The monoisotopic (exact) mass is 398 g/mol. The molecule has 1 saturated carbocycles. The Kier molecular flexibility index (Phi) is 6.99. The van der Waals surface area contributed by atoms with E-state index in [4.69, 9.17) is 4.74 Å². The fourth-order valence-electron chi connectivity index (χ4n) is 3.38. The Morgan fingerprint density at radius 1 is 1.21 bits per heavy atom. The number of amides is 2. The van der Waals surface area contributed by atoms with E-state index < -0.39 is 18.5 Å². The summed E-state index contributed by atoms with van der Waals surface area (Å²) in [6.45, 7) is 1.56. The lowest BCUT2D eigenvalue weighted by Gasteiger charge is -2.15. The molecule has 1 aromatic heterocycles. The number of hydrogen-bond acceptors (Lipinski definition) is 5. The van der Waals surface area contributed by atoms with Gasteiger partial charge in [0.15, 0.2) is 12.3 Å². The zero-order chi connectivity index (χ0) is 20.6. The fourth-order valence-corrected chi connectivity index (χ4v) is 3.38. The quantitative estimate of drug-likeness (QED) is 0.592. The lowest BCUT2D eigenvalue weighted by atomic mass is 10.1. The first-order chi connectivity index (χ1) is 14.1. The second-order valence-electron chi connectivity index (χ2n) is 7.15. The number of benzene rings is 1. The Hall–Kier alpha value is -3.16. The zero-order valence-corrected chi connectivity index (χ0v) is 16.5. The summed E-state index contributed by atoms with van der Waals surface area (Å²) in [5.41, 5.74) is 1.74. The van der Waals surface area contributed by atoms with Crippen LogP contribution >= 0.6 is 0 Å². The van der Waals surface area contributed by atoms with E-state index in [-0.39, 0.29) is 17.6 Å². The van der Waals surface area contributed by atoms with Gasteiger partial charge in [-0.25, -0.2) is 4.79 Å². The van der Waals surface area contributed by atoms with Crippen LogP contribution in [0.4, 0.5) is 5.69 Å². The van der Waals surface area contributed by atoms with E-state index >= 15 is 0 Å². The molecule has 0 radical (unpaired) electrons. The molecule has 1 aliphatic carbocycles. The SMILES string of the molecule is CCCc1cc(C(=O)OCC(=O)Nc2ccccc2C(=O)NC2CCCC2)n[nH]1. The van der Waals surface area contributed by atoms with E-state index in [0.29, 0.717) is 11.3 Å². The number of aromatic amines is 1. The van der Waals surface area contributed by atoms with Crippen molar-refractivity contribution in [3.8, 4) is 0 Å². The number of hydrogen-bond donors (Lipinski definition) is 3. The average Bonchev–Trinajstić information content (AvgIpc) is 3.39. The third-order valence-corrected chi connectivity index (χ3v) is 4.83. The number of aryl methyl sites for hydroxylation is 1. The van der Waals surface area contributed by atoms with Gasteiger partial charge in [-0.1, -0.05) is 38.3 Å². The highest BCUT2D eigenvalue weighted by Gasteiger charge is 2.20. The molecule has 8 nitrogen and oxygen atoms in total. The number of rotatable bonds is 8. The maximum atomic E-state index is 12.6. The number of nitrogens with zero attached hydrogens (tertiary/aromatic N) is 1. The summed E-state index contributed by atoms with van der Waals surface area (Å²) in [5.74, 6) is -1.42. The van der Waals surface area contributed by atoms with Gasteiger partial charge in [-0.05, 0) is 37.5 Å². The van der Waals surface area contributed by atoms with E-state index in [1.165, 1.54) is 0 Å². The number of carbonyl (C=O) groups is 3. The van der Waals surface area contributed by atoms with E-state index in [0.717, 1.165) is 44.2 Å². The first-order valence-electron chi connectivity index (χ1n) is 9.98. The summed E-state index contributed by atoms with van der Waals surface area (Å²) >= 11 is 0. The summed E-state index contributed by atoms with van der Waals surface area (Å²) in [6, 6.07) is 8.57. The minimum atomic E-state index is -0.675. The molecule has 29 heavy (non-hydrogen) atoms. The van der Waals surface area contributed by atoms with Crippen molar-refractivity contribution in [3.63, 3.8) is 0 Å². The minimum absolute atomic E-state index is 0.137. The summed E-state index contributed by atoms with van der Waals surface area (Å²) in [7, 11) is 0. The van der Waals surface area contributed by atoms with Crippen LogP contribution in [0, 0.1) is 0 Å². The highest BCUT2D eigenvalue weighted by molar-refractivity contribution is 6.04. The van der Waals surface area contributed by atoms with Gasteiger partial charge in [0.25, 0.3) is 11.8 Å². The van der Waals surface area contributed by atoms with Crippen molar-refractivity contribution in [1.82, 2.24) is 15.5 Å². The van der Waals surface area contributed by atoms with E-state index in [9.17, 15) is 14.4 Å². The molecule has 0 saturated heterocycles. The Bertz CT molecular complexity index is 871. The number of ether oxygens (including phenoxy) is 1. The van der Waals surface area contributed by atoms with Crippen LogP contribution in [0.5, 0.6) is 0 Å². The average molecular weight is 398 g/mol. The standard InChI is InChI=1S/C21H26N4O4/c1-2-7-15-12-18(25-24-15)21(28)29-13-19(26)23-17-11-6-5-10-16(17)20(27)22-14-8-3-4-9-14/h5-6,10-12,14H,2-4,7-9,13H2,1H3,(H,22,27)(H,23,26)(H,24,25). The minimum Gasteiger partial charge on any atom is -0.451 e. The normalized spacial score (nSPS) is 13.8. The third kappa shape index (κ3) is 5.66. The van der Waals surface area contributed by atoms with E-state index in [1.54, 1.807) is 30.3 Å². The number of esters is 1. The Labute approximate surface area is 169 Å². The molecule has 0 unspecified atom stereocenters. The predicted octanol–water partition coefficient (Wildman–Crippen LogP) is 2.83. The van der Waals surface area contributed by atoms with Crippen LogP contribution in [-0.2, 0) is 16.0 Å². The maximum Gasteiger partial charge on any atom is 0.359 e. The summed E-state index contributed by atoms with van der Waals surface area (Å²) in [4.78, 5) is 36.8. The number of para-hydroxylation sites is 1. The predicted molar refractivity (Wildman–Crippen MR) is 108 cm³/mol. The summed E-state index contributed by atoms with van der Waals surface area (Å²) in [6.07, 6.45) is 5.88. The van der Waals surface area contributed by atoms with Crippen LogP contribution in [0.25, 0.3) is 0 Å². The van der Waals surface area contributed by atoms with Gasteiger partial charge in [0.05, 0.1) is 11.3 Å². The molecule has 1 aromatic carbocycles. The molecule has 0 bridgehead atoms. The number of anilines is 1. The zero-order valence-electron chi connectivity index (χ0n) is 16.5. The molecule has 1 aliphatic rings. The van der Waals surface area contributed by atoms with Gasteiger partial charge in [-0.2, -0.15) is 5.10 Å². The summed E-state index contributed by atoms with van der Waals surface area (Å²) in [5, 5.41) is 12.3. The van der Waals surface area contributed by atoms with Crippen LogP contribution in [0.3, 0.4) is 0 Å². The van der Waals surface area contributed by atoms with Crippen LogP contribution in [-0.4, -0.2) is 40.6 Å². The Morgan fingerprint density at radius 2 is 1.97 bits per heavy atom. The molecule has 2 amide bonds. The van der Waals surface area contributed by atoms with Gasteiger partial charge >= 0.3 is 5.97 Å². The molecule has 154 valence electrons. The second kappa shape index (κ2) is 9.86. The maximum absolute atomic E-state index is 12.6. The van der Waals surface area contributed by atoms with Crippen molar-refractivity contribution in [1.29, 1.82) is 0 Å². The fraction of sp³-hybridized carbons (Fsp3) is 0.429. The van der Waals surface area contributed by atoms with Gasteiger partial charge < -0.3 is 15.4 Å². The molecule has 0 spiro atoms. The largest absolute Gasteiger partial charge is 0.451 e. The highest BCUT2D eigenvalue weighted by Crippen LogP contribution is 2.20. The Morgan fingerprint density at radius 3 is 2.72 bits per heavy atom. The number of nitrogens with one attached hydrogen (secondary N) is 3. The van der Waals surface area contributed by atoms with Gasteiger partial charge in [-0.3, -0.25) is 14.7 Å². The molecular weight excluding hydrogens is 372 g/mol. The smallest absolute Gasteiger partial charge is 0.359 e. The van der Waals surface area contributed by atoms with Crippen LogP contribution in [0.2, 0.25) is 0 Å². The second-order valence-corrected chi connectivity index (χ2v) is 7.15. The molecular formula is C21H26N4O4. The highest BCUT2D eigenvalue weighted by atomic mass is 16.5. The first kappa shape index (κ1) is 20.6. The van der Waals surface area contributed by atoms with Crippen molar-refractivity contribution < 1.29 is 19.1 Å². The lowest BCUT2D eigenvalue weighted by Crippen LogP contribution is -2.33. The molecule has 0 atom stereocenters. The van der Waals surface area contributed by atoms with E-state index in [2.05, 4.69) is 20.8 Å². The summed E-state index contributed by atoms with van der Waals surface area (Å²) < 4.78 is 5.03. The van der Waals surface area contributed by atoms with Crippen LogP contribution < -0.4 is 10.6 Å². The van der Waals surface area contributed by atoms with Crippen molar-refractivity contribution in [3.05, 3.63) is 47.3 Å². The number of aromatic nitrogens is 2. The Balaban J connectivity index is 1.54. The first-order valence-corrected chi connectivity index (χ1v) is 9.98. The van der Waals surface area contributed by atoms with Crippen molar-refractivity contribution in [2.24, 2.45) is 0 Å². The van der Waals surface area contributed by atoms with Crippen molar-refractivity contribution in [2.45, 2.75) is 51.5 Å². The van der Waals surface area contributed by atoms with Gasteiger partial charge in [0.1, 0.15) is 0 Å². The molecule has 1 heterocycles. The van der Waals surface area contributed by atoms with Gasteiger partial charge in [-0.15, -0.1) is 0 Å². The van der Waals surface area contributed by atoms with Gasteiger partial charge in [0.2, 0.25) is 0 Å². The molecule has 2 aromatic rings. The molecule has 0 aliphatic heterocycles. The number of H-pyrrole nitrogens is 1. The van der Waals surface area contributed by atoms with Crippen molar-refractivity contribution in [2.75, 3.05) is 11.9 Å². The molecule has 3 rings (SSSR count). The van der Waals surface area contributed by atoms with Crippen LogP contribution in [0.15, 0.2) is 30.3 Å². The van der Waals surface area contributed by atoms with Crippen molar-refractivity contribution >= 4 is 23.5 Å². The molecule has 3 N–H and O–H groups in total. The van der Waals surface area contributed by atoms with E-state index in [1.807, 2.05) is 6.92 Å².